The maximum Gasteiger partial charge on any atom is 0.251 e. The van der Waals surface area contributed by atoms with Gasteiger partial charge in [-0.25, -0.2) is 0 Å². The van der Waals surface area contributed by atoms with Crippen molar-refractivity contribution in [2.75, 3.05) is 6.61 Å². The second kappa shape index (κ2) is 8.06. The van der Waals surface area contributed by atoms with E-state index in [1.807, 2.05) is 42.5 Å². The van der Waals surface area contributed by atoms with E-state index in [2.05, 4.69) is 10.3 Å². The minimum absolute atomic E-state index is 0.00410. The van der Waals surface area contributed by atoms with Crippen LogP contribution in [0.25, 0.3) is 0 Å². The number of hydrogen-bond acceptors (Lipinski definition) is 3. The molecular formula is C20H24N2O2. The highest BCUT2D eigenvalue weighted by molar-refractivity contribution is 5.94. The lowest BCUT2D eigenvalue weighted by Crippen LogP contribution is -2.39. The van der Waals surface area contributed by atoms with Gasteiger partial charge in [-0.3, -0.25) is 9.78 Å². The first-order valence-corrected chi connectivity index (χ1v) is 8.65. The molecule has 1 aromatic carbocycles. The molecule has 1 amide bonds. The molecule has 0 radical (unpaired) electrons. The Morgan fingerprint density at radius 2 is 2.12 bits per heavy atom. The average Bonchev–Trinajstić information content (AvgIpc) is 2.58. The molecule has 2 aromatic rings. The lowest BCUT2D eigenvalue weighted by atomic mass is 9.81. The van der Waals surface area contributed by atoms with Crippen LogP contribution in [0.3, 0.4) is 0 Å². The van der Waals surface area contributed by atoms with Crippen molar-refractivity contribution in [2.45, 2.75) is 38.1 Å². The molecule has 0 saturated heterocycles. The van der Waals surface area contributed by atoms with Crippen LogP contribution < -0.4 is 5.32 Å². The Balaban J connectivity index is 1.62. The molecule has 0 spiro atoms. The van der Waals surface area contributed by atoms with E-state index in [-0.39, 0.29) is 18.6 Å². The average molecular weight is 324 g/mol. The van der Waals surface area contributed by atoms with Crippen molar-refractivity contribution in [3.8, 4) is 0 Å². The van der Waals surface area contributed by atoms with Crippen molar-refractivity contribution < 1.29 is 9.90 Å². The SMILES string of the molecule is O=C(NC(CO)CC1CCC1)c1cccc(Cc2ccccn2)c1. The number of rotatable bonds is 7. The quantitative estimate of drug-likeness (QED) is 0.823. The number of nitrogens with one attached hydrogen (secondary N) is 1. The molecule has 0 bridgehead atoms. The Labute approximate surface area is 142 Å². The van der Waals surface area contributed by atoms with E-state index in [1.54, 1.807) is 6.20 Å². The molecule has 1 aliphatic rings. The maximum atomic E-state index is 12.5. The topological polar surface area (TPSA) is 62.2 Å². The van der Waals surface area contributed by atoms with Crippen LogP contribution in [0, 0.1) is 5.92 Å². The smallest absolute Gasteiger partial charge is 0.251 e. The molecule has 24 heavy (non-hydrogen) atoms. The molecule has 1 unspecified atom stereocenters. The largest absolute Gasteiger partial charge is 0.394 e. The van der Waals surface area contributed by atoms with Gasteiger partial charge in [-0.15, -0.1) is 0 Å². The number of carbonyl (C=O) groups excluding carboxylic acids is 1. The van der Waals surface area contributed by atoms with Crippen LogP contribution >= 0.6 is 0 Å². The van der Waals surface area contributed by atoms with Gasteiger partial charge >= 0.3 is 0 Å². The van der Waals surface area contributed by atoms with Crippen molar-refractivity contribution in [1.82, 2.24) is 10.3 Å². The Morgan fingerprint density at radius 3 is 2.79 bits per heavy atom. The summed E-state index contributed by atoms with van der Waals surface area (Å²) < 4.78 is 0. The van der Waals surface area contributed by atoms with Crippen molar-refractivity contribution in [1.29, 1.82) is 0 Å². The number of nitrogens with zero attached hydrogens (tertiary/aromatic N) is 1. The van der Waals surface area contributed by atoms with Crippen LogP contribution in [0.2, 0.25) is 0 Å². The van der Waals surface area contributed by atoms with Gasteiger partial charge < -0.3 is 10.4 Å². The number of hydrogen-bond donors (Lipinski definition) is 2. The van der Waals surface area contributed by atoms with E-state index in [9.17, 15) is 9.90 Å². The predicted octanol–water partition coefficient (Wildman–Crippen LogP) is 2.95. The molecule has 4 nitrogen and oxygen atoms in total. The first-order chi connectivity index (χ1) is 11.7. The third-order valence-electron chi connectivity index (χ3n) is 4.70. The van der Waals surface area contributed by atoms with Crippen LogP contribution in [-0.2, 0) is 6.42 Å². The second-order valence-corrected chi connectivity index (χ2v) is 6.58. The molecular weight excluding hydrogens is 300 g/mol. The number of benzene rings is 1. The zero-order valence-electron chi connectivity index (χ0n) is 13.8. The van der Waals surface area contributed by atoms with Gasteiger partial charge in [0.25, 0.3) is 5.91 Å². The Kier molecular flexibility index (Phi) is 5.59. The van der Waals surface area contributed by atoms with E-state index < -0.39 is 0 Å². The molecule has 1 heterocycles. The molecule has 1 atom stereocenters. The Morgan fingerprint density at radius 1 is 1.25 bits per heavy atom. The minimum Gasteiger partial charge on any atom is -0.394 e. The van der Waals surface area contributed by atoms with Gasteiger partial charge in [-0.05, 0) is 42.2 Å². The fourth-order valence-corrected chi connectivity index (χ4v) is 3.11. The molecule has 1 fully saturated rings. The number of carbonyl (C=O) groups is 1. The third-order valence-corrected chi connectivity index (χ3v) is 4.70. The molecule has 126 valence electrons. The van der Waals surface area contributed by atoms with Gasteiger partial charge in [0, 0.05) is 23.9 Å². The highest BCUT2D eigenvalue weighted by Gasteiger charge is 2.23. The molecule has 1 aromatic heterocycles. The van der Waals surface area contributed by atoms with E-state index in [4.69, 9.17) is 0 Å². The summed E-state index contributed by atoms with van der Waals surface area (Å²) in [6.07, 6.45) is 7.05. The maximum absolute atomic E-state index is 12.5. The predicted molar refractivity (Wildman–Crippen MR) is 93.8 cm³/mol. The van der Waals surface area contributed by atoms with Crippen LogP contribution in [0.1, 0.15) is 47.3 Å². The third kappa shape index (κ3) is 4.42. The fourth-order valence-electron chi connectivity index (χ4n) is 3.11. The van der Waals surface area contributed by atoms with Crippen molar-refractivity contribution >= 4 is 5.91 Å². The summed E-state index contributed by atoms with van der Waals surface area (Å²) in [6, 6.07) is 13.3. The number of aliphatic hydroxyl groups is 1. The van der Waals surface area contributed by atoms with Gasteiger partial charge in [-0.2, -0.15) is 0 Å². The zero-order valence-corrected chi connectivity index (χ0v) is 13.8. The monoisotopic (exact) mass is 324 g/mol. The highest BCUT2D eigenvalue weighted by atomic mass is 16.3. The van der Waals surface area contributed by atoms with Gasteiger partial charge in [-0.1, -0.05) is 37.5 Å². The van der Waals surface area contributed by atoms with Gasteiger partial charge in [0.1, 0.15) is 0 Å². The number of aromatic nitrogens is 1. The standard InChI is InChI=1S/C20H24N2O2/c23-14-19(12-15-5-3-6-15)22-20(24)17-8-4-7-16(11-17)13-18-9-1-2-10-21-18/h1-2,4,7-11,15,19,23H,3,5-6,12-14H2,(H,22,24). The summed E-state index contributed by atoms with van der Waals surface area (Å²) in [5.74, 6) is 0.536. The summed E-state index contributed by atoms with van der Waals surface area (Å²) in [5.41, 5.74) is 2.67. The van der Waals surface area contributed by atoms with Crippen molar-refractivity contribution in [3.05, 3.63) is 65.5 Å². The number of amides is 1. The molecule has 1 saturated carbocycles. The van der Waals surface area contributed by atoms with Crippen molar-refractivity contribution in [3.63, 3.8) is 0 Å². The van der Waals surface area contributed by atoms with Gasteiger partial charge in [0.2, 0.25) is 0 Å². The van der Waals surface area contributed by atoms with Crippen LogP contribution in [-0.4, -0.2) is 28.6 Å². The van der Waals surface area contributed by atoms with Gasteiger partial charge in [0.15, 0.2) is 0 Å². The van der Waals surface area contributed by atoms with Crippen LogP contribution in [0.15, 0.2) is 48.7 Å². The summed E-state index contributed by atoms with van der Waals surface area (Å²) >= 11 is 0. The Bertz CT molecular complexity index is 668. The molecule has 3 rings (SSSR count). The summed E-state index contributed by atoms with van der Waals surface area (Å²) in [4.78, 5) is 16.8. The first kappa shape index (κ1) is 16.7. The van der Waals surface area contributed by atoms with Crippen LogP contribution in [0.4, 0.5) is 0 Å². The lowest BCUT2D eigenvalue weighted by molar-refractivity contribution is 0.0896. The summed E-state index contributed by atoms with van der Waals surface area (Å²) in [7, 11) is 0. The highest BCUT2D eigenvalue weighted by Crippen LogP contribution is 2.30. The van der Waals surface area contributed by atoms with E-state index in [1.165, 1.54) is 19.3 Å². The molecule has 0 aliphatic heterocycles. The minimum atomic E-state index is -0.151. The summed E-state index contributed by atoms with van der Waals surface area (Å²) in [5, 5.41) is 12.5. The van der Waals surface area contributed by atoms with Crippen molar-refractivity contribution in [2.24, 2.45) is 5.92 Å². The molecule has 2 N–H and O–H groups in total. The Hall–Kier alpha value is -2.20. The van der Waals surface area contributed by atoms with E-state index >= 15 is 0 Å². The normalized spacial score (nSPS) is 15.5. The number of aliphatic hydroxyl groups excluding tert-OH is 1. The lowest BCUT2D eigenvalue weighted by Gasteiger charge is -2.29. The first-order valence-electron chi connectivity index (χ1n) is 8.65. The van der Waals surface area contributed by atoms with E-state index in [0.29, 0.717) is 17.9 Å². The zero-order chi connectivity index (χ0) is 16.8. The molecule has 4 heteroatoms. The summed E-state index contributed by atoms with van der Waals surface area (Å²) in [6.45, 7) is -0.00410. The fraction of sp³-hybridized carbons (Fsp3) is 0.400. The second-order valence-electron chi connectivity index (χ2n) is 6.58. The number of pyridine rings is 1. The van der Waals surface area contributed by atoms with Gasteiger partial charge in [0.05, 0.1) is 12.6 Å². The van der Waals surface area contributed by atoms with Crippen LogP contribution in [0.5, 0.6) is 0 Å². The van der Waals surface area contributed by atoms with E-state index in [0.717, 1.165) is 17.7 Å². The molecule has 1 aliphatic carbocycles.